The van der Waals surface area contributed by atoms with E-state index in [1.165, 1.54) is 30.2 Å². The number of anilines is 1. The zero-order chi connectivity index (χ0) is 24.0. The van der Waals surface area contributed by atoms with Crippen LogP contribution in [0.15, 0.2) is 66.4 Å². The van der Waals surface area contributed by atoms with Crippen molar-refractivity contribution in [3.05, 3.63) is 88.6 Å². The number of nitrogens with one attached hydrogen (secondary N) is 3. The summed E-state index contributed by atoms with van der Waals surface area (Å²) >= 11 is 0. The summed E-state index contributed by atoms with van der Waals surface area (Å²) < 4.78 is 6.08. The molecule has 0 radical (unpaired) electrons. The normalized spacial score (nSPS) is 15.2. The molecule has 0 saturated carbocycles. The Bertz CT molecular complexity index is 1360. The van der Waals surface area contributed by atoms with Gasteiger partial charge in [-0.25, -0.2) is 10.1 Å². The molecule has 5 N–H and O–H groups in total. The first-order chi connectivity index (χ1) is 17.2. The Labute approximate surface area is 204 Å². The molecule has 2 heterocycles. The van der Waals surface area contributed by atoms with Gasteiger partial charge in [0.05, 0.1) is 6.61 Å². The minimum absolute atomic E-state index is 0.393. The maximum absolute atomic E-state index is 7.80. The molecule has 1 unspecified atom stereocenters. The summed E-state index contributed by atoms with van der Waals surface area (Å²) in [6.07, 6.45) is 7.09. The predicted molar refractivity (Wildman–Crippen MR) is 138 cm³/mol. The lowest BCUT2D eigenvalue weighted by Crippen LogP contribution is -2.08. The summed E-state index contributed by atoms with van der Waals surface area (Å²) in [4.78, 5) is 4.19. The number of allylic oxidation sites excluding steroid dienone is 1. The van der Waals surface area contributed by atoms with Gasteiger partial charge in [0.2, 0.25) is 0 Å². The van der Waals surface area contributed by atoms with E-state index in [4.69, 9.17) is 15.9 Å². The van der Waals surface area contributed by atoms with Crippen LogP contribution in [0.4, 0.5) is 5.82 Å². The number of aryl methyl sites for hydroxylation is 1. The Morgan fingerprint density at radius 1 is 1.20 bits per heavy atom. The van der Waals surface area contributed by atoms with Gasteiger partial charge in [-0.15, -0.1) is 5.10 Å². The molecule has 2 aromatic heterocycles. The maximum Gasteiger partial charge on any atom is 0.178 e. The second kappa shape index (κ2) is 10.4. The Balaban J connectivity index is 1.15. The number of pyridine rings is 1. The second-order valence-corrected chi connectivity index (χ2v) is 8.86. The smallest absolute Gasteiger partial charge is 0.178 e. The summed E-state index contributed by atoms with van der Waals surface area (Å²) in [5.41, 5.74) is 12.9. The number of fused-ring (bicyclic) bond motifs is 2. The van der Waals surface area contributed by atoms with E-state index in [9.17, 15) is 0 Å². The van der Waals surface area contributed by atoms with Crippen LogP contribution in [-0.2, 0) is 19.4 Å². The lowest BCUT2D eigenvalue weighted by Gasteiger charge is -2.13. The third-order valence-electron chi connectivity index (χ3n) is 6.46. The fourth-order valence-corrected chi connectivity index (χ4v) is 4.73. The number of hydrogen-bond acceptors (Lipinski definition) is 7. The van der Waals surface area contributed by atoms with E-state index >= 15 is 0 Å². The third-order valence-corrected chi connectivity index (χ3v) is 6.46. The Hall–Kier alpha value is -4.20. The van der Waals surface area contributed by atoms with E-state index in [-0.39, 0.29) is 0 Å². The molecule has 0 amide bonds. The first kappa shape index (κ1) is 22.6. The molecule has 1 aliphatic rings. The predicted octanol–water partition coefficient (Wildman–Crippen LogP) is 4.30. The zero-order valence-electron chi connectivity index (χ0n) is 19.5. The van der Waals surface area contributed by atoms with Crippen LogP contribution in [-0.4, -0.2) is 33.2 Å². The topological polar surface area (TPSA) is 126 Å². The van der Waals surface area contributed by atoms with E-state index in [1.54, 1.807) is 6.07 Å². The van der Waals surface area contributed by atoms with Crippen molar-refractivity contribution in [2.24, 2.45) is 0 Å². The highest BCUT2D eigenvalue weighted by Gasteiger charge is 2.21. The van der Waals surface area contributed by atoms with Crippen LogP contribution < -0.4 is 15.8 Å². The number of aromatic nitrogens is 4. The minimum Gasteiger partial charge on any atom is -0.494 e. The fraction of sp³-hybridized carbons (Fsp3) is 0.259. The van der Waals surface area contributed by atoms with Crippen molar-refractivity contribution in [1.29, 1.82) is 5.41 Å². The van der Waals surface area contributed by atoms with Crippen molar-refractivity contribution < 1.29 is 4.74 Å². The number of ether oxygens (including phenoxy) is 1. The van der Waals surface area contributed by atoms with Crippen molar-refractivity contribution in [2.75, 3.05) is 12.3 Å². The molecular formula is C27H29N7O. The van der Waals surface area contributed by atoms with Crippen LogP contribution in [0.25, 0.3) is 11.2 Å². The molecule has 8 nitrogen and oxygen atoms in total. The molecule has 0 spiro atoms. The number of hydrogen-bond donors (Lipinski definition) is 4. The number of H-pyrrole nitrogens is 1. The summed E-state index contributed by atoms with van der Waals surface area (Å²) in [5, 5.41) is 21.7. The van der Waals surface area contributed by atoms with Gasteiger partial charge < -0.3 is 21.2 Å². The van der Waals surface area contributed by atoms with Gasteiger partial charge in [0.25, 0.3) is 0 Å². The molecule has 0 saturated heterocycles. The summed E-state index contributed by atoms with van der Waals surface area (Å²) in [6.45, 7) is 1.34. The molecule has 0 bridgehead atoms. The lowest BCUT2D eigenvalue weighted by atomic mass is 9.98. The van der Waals surface area contributed by atoms with E-state index in [0.717, 1.165) is 28.9 Å². The first-order valence-electron chi connectivity index (χ1n) is 11.9. The van der Waals surface area contributed by atoms with E-state index in [1.807, 2.05) is 18.3 Å². The largest absolute Gasteiger partial charge is 0.494 e. The number of aromatic amines is 1. The van der Waals surface area contributed by atoms with Gasteiger partial charge in [-0.05, 0) is 71.2 Å². The lowest BCUT2D eigenvalue weighted by molar-refractivity contribution is 0.297. The molecule has 1 aliphatic carbocycles. The molecule has 35 heavy (non-hydrogen) atoms. The maximum atomic E-state index is 7.80. The van der Waals surface area contributed by atoms with Crippen molar-refractivity contribution in [3.8, 4) is 5.75 Å². The van der Waals surface area contributed by atoms with Gasteiger partial charge in [0.15, 0.2) is 5.65 Å². The van der Waals surface area contributed by atoms with Crippen LogP contribution in [0.1, 0.15) is 41.0 Å². The molecular weight excluding hydrogens is 438 g/mol. The average Bonchev–Trinajstić information content (AvgIpc) is 3.51. The van der Waals surface area contributed by atoms with E-state index in [0.29, 0.717) is 42.5 Å². The number of rotatable bonds is 10. The van der Waals surface area contributed by atoms with E-state index in [2.05, 4.69) is 62.1 Å². The molecule has 8 heteroatoms. The molecule has 178 valence electrons. The fourth-order valence-electron chi connectivity index (χ4n) is 4.73. The summed E-state index contributed by atoms with van der Waals surface area (Å²) in [5.74, 6) is 1.87. The molecule has 1 atom stereocenters. The van der Waals surface area contributed by atoms with Crippen LogP contribution in [0.5, 0.6) is 5.75 Å². The first-order valence-corrected chi connectivity index (χ1v) is 11.9. The molecule has 0 fully saturated rings. The van der Waals surface area contributed by atoms with Gasteiger partial charge in [-0.1, -0.05) is 41.6 Å². The van der Waals surface area contributed by atoms with Crippen molar-refractivity contribution >= 4 is 23.2 Å². The Kier molecular flexibility index (Phi) is 6.70. The zero-order valence-corrected chi connectivity index (χ0v) is 19.5. The van der Waals surface area contributed by atoms with Crippen molar-refractivity contribution in [2.45, 2.75) is 38.1 Å². The number of nitrogens with zero attached hydrogens (tertiary/aromatic N) is 3. The molecule has 4 aromatic rings. The third kappa shape index (κ3) is 5.32. The minimum atomic E-state index is 0.393. The Morgan fingerprint density at radius 3 is 3.03 bits per heavy atom. The number of nitrogen functional groups attached to an aromatic ring is 1. The van der Waals surface area contributed by atoms with Gasteiger partial charge in [0, 0.05) is 25.4 Å². The van der Waals surface area contributed by atoms with Crippen LogP contribution in [0.2, 0.25) is 0 Å². The average molecular weight is 468 g/mol. The molecule has 2 aromatic carbocycles. The van der Waals surface area contributed by atoms with Gasteiger partial charge in [-0.2, -0.15) is 0 Å². The van der Waals surface area contributed by atoms with Crippen LogP contribution in [0.3, 0.4) is 0 Å². The summed E-state index contributed by atoms with van der Waals surface area (Å²) in [7, 11) is 0. The van der Waals surface area contributed by atoms with Gasteiger partial charge >= 0.3 is 0 Å². The van der Waals surface area contributed by atoms with Gasteiger partial charge in [-0.3, -0.25) is 0 Å². The van der Waals surface area contributed by atoms with Crippen LogP contribution in [0, 0.1) is 5.41 Å². The van der Waals surface area contributed by atoms with Gasteiger partial charge in [0.1, 0.15) is 17.1 Å². The van der Waals surface area contributed by atoms with E-state index < -0.39 is 0 Å². The number of nitrogens with two attached hydrogens (primary N) is 1. The quantitative estimate of drug-likeness (QED) is 0.258. The standard InChI is InChI=1S/C27H29N7O/c28-15-19(12-22-14-25(29)31-27-26(22)32-34-33-27)17-30-16-18-4-3-6-23(13-18)35-11-10-21-9-8-20-5-1-2-7-24(20)21/h1-7,13-15,17,21,28,30H,8-12,16H2,(H3,29,31,32,33,34)/b19-17-,28-15?. The highest BCUT2D eigenvalue weighted by Crippen LogP contribution is 2.35. The van der Waals surface area contributed by atoms with Crippen molar-refractivity contribution in [1.82, 2.24) is 25.7 Å². The van der Waals surface area contributed by atoms with Crippen molar-refractivity contribution in [3.63, 3.8) is 0 Å². The summed E-state index contributed by atoms with van der Waals surface area (Å²) in [6, 6.07) is 18.7. The highest BCUT2D eigenvalue weighted by molar-refractivity contribution is 5.81. The number of benzene rings is 2. The monoisotopic (exact) mass is 467 g/mol. The second-order valence-electron chi connectivity index (χ2n) is 8.86. The molecule has 5 rings (SSSR count). The highest BCUT2D eigenvalue weighted by atomic mass is 16.5. The van der Waals surface area contributed by atoms with Crippen LogP contribution >= 0.6 is 0 Å². The Morgan fingerprint density at radius 2 is 2.11 bits per heavy atom. The SMILES string of the molecule is N=C/C(=C\NCc1cccc(OCCC2CCc3ccccc32)c1)Cc1cc(N)nc2[nH]nnc12. The molecule has 0 aliphatic heterocycles.